The Bertz CT molecular complexity index is 665. The molecule has 0 bridgehead atoms. The van der Waals surface area contributed by atoms with Gasteiger partial charge in [0.05, 0.1) is 5.71 Å². The minimum atomic E-state index is 0.196. The number of phenols is 1. The highest BCUT2D eigenvalue weighted by Crippen LogP contribution is 2.23. The fourth-order valence-corrected chi connectivity index (χ4v) is 2.32. The number of nitrogens with zero attached hydrogens (tertiary/aromatic N) is 3. The summed E-state index contributed by atoms with van der Waals surface area (Å²) in [5.74, 6) is 0.648. The van der Waals surface area contributed by atoms with Crippen LogP contribution in [0.1, 0.15) is 30.3 Å². The summed E-state index contributed by atoms with van der Waals surface area (Å²) in [6.45, 7) is 5.79. The van der Waals surface area contributed by atoms with Gasteiger partial charge in [-0.3, -0.25) is 0 Å². The molecule has 0 atom stereocenters. The third kappa shape index (κ3) is 4.01. The first kappa shape index (κ1) is 15.4. The van der Waals surface area contributed by atoms with Crippen LogP contribution in [0.4, 0.5) is 5.95 Å². The van der Waals surface area contributed by atoms with Crippen LogP contribution in [0.15, 0.2) is 33.8 Å². The second-order valence-corrected chi connectivity index (χ2v) is 5.58. The summed E-state index contributed by atoms with van der Waals surface area (Å²) in [5.41, 5.74) is 6.04. The Labute approximate surface area is 132 Å². The highest BCUT2D eigenvalue weighted by molar-refractivity contribution is 9.10. The van der Waals surface area contributed by atoms with Crippen LogP contribution < -0.4 is 5.43 Å². The van der Waals surface area contributed by atoms with Crippen molar-refractivity contribution in [2.45, 2.75) is 27.2 Å². The molecule has 110 valence electrons. The number of nitrogens with one attached hydrogen (secondary N) is 1. The lowest BCUT2D eigenvalue weighted by Crippen LogP contribution is -2.06. The Morgan fingerprint density at radius 2 is 1.90 bits per heavy atom. The van der Waals surface area contributed by atoms with E-state index in [-0.39, 0.29) is 5.75 Å². The normalized spacial score (nSPS) is 11.5. The lowest BCUT2D eigenvalue weighted by Gasteiger charge is -2.08. The number of anilines is 1. The molecule has 0 saturated heterocycles. The number of benzene rings is 1. The molecule has 0 fully saturated rings. The molecule has 0 aliphatic rings. The maximum absolute atomic E-state index is 9.96. The third-order valence-corrected chi connectivity index (χ3v) is 3.37. The second kappa shape index (κ2) is 6.67. The first-order valence-electron chi connectivity index (χ1n) is 6.63. The van der Waals surface area contributed by atoms with E-state index in [4.69, 9.17) is 0 Å². The van der Waals surface area contributed by atoms with Gasteiger partial charge >= 0.3 is 0 Å². The van der Waals surface area contributed by atoms with Crippen LogP contribution in [0.25, 0.3) is 0 Å². The van der Waals surface area contributed by atoms with Crippen molar-refractivity contribution in [2.24, 2.45) is 5.10 Å². The van der Waals surface area contributed by atoms with Crippen molar-refractivity contribution in [1.82, 2.24) is 9.97 Å². The van der Waals surface area contributed by atoms with Gasteiger partial charge in [-0.15, -0.1) is 0 Å². The van der Waals surface area contributed by atoms with Crippen LogP contribution in [-0.2, 0) is 0 Å². The number of hydrogen-bond acceptors (Lipinski definition) is 5. The van der Waals surface area contributed by atoms with Gasteiger partial charge in [0.25, 0.3) is 0 Å². The molecule has 5 nitrogen and oxygen atoms in total. The summed E-state index contributed by atoms with van der Waals surface area (Å²) in [4.78, 5) is 8.55. The molecule has 0 amide bonds. The van der Waals surface area contributed by atoms with Crippen molar-refractivity contribution in [2.75, 3.05) is 5.43 Å². The zero-order valence-corrected chi connectivity index (χ0v) is 13.8. The van der Waals surface area contributed by atoms with Crippen LogP contribution in [0.5, 0.6) is 5.75 Å². The van der Waals surface area contributed by atoms with E-state index in [0.29, 0.717) is 17.9 Å². The molecule has 2 rings (SSSR count). The zero-order chi connectivity index (χ0) is 15.4. The number of rotatable bonds is 4. The summed E-state index contributed by atoms with van der Waals surface area (Å²) in [6, 6.07) is 7.15. The molecule has 0 unspecified atom stereocenters. The fraction of sp³-hybridized carbons (Fsp3) is 0.267. The lowest BCUT2D eigenvalue weighted by molar-refractivity contribution is 0.474. The van der Waals surface area contributed by atoms with Gasteiger partial charge in [-0.05, 0) is 44.5 Å². The van der Waals surface area contributed by atoms with Gasteiger partial charge in [-0.1, -0.05) is 22.9 Å². The van der Waals surface area contributed by atoms with Crippen molar-refractivity contribution < 1.29 is 5.11 Å². The topological polar surface area (TPSA) is 70.4 Å². The van der Waals surface area contributed by atoms with Crippen molar-refractivity contribution >= 4 is 27.6 Å². The molecular formula is C15H17BrN4O. The van der Waals surface area contributed by atoms with Crippen molar-refractivity contribution in [1.29, 1.82) is 0 Å². The maximum atomic E-state index is 9.96. The van der Waals surface area contributed by atoms with Crippen molar-refractivity contribution in [3.05, 3.63) is 45.7 Å². The molecule has 2 N–H and O–H groups in total. The smallest absolute Gasteiger partial charge is 0.243 e. The largest absolute Gasteiger partial charge is 0.507 e. The Balaban J connectivity index is 2.30. The van der Waals surface area contributed by atoms with Gasteiger partial charge in [0.15, 0.2) is 0 Å². The Hall–Kier alpha value is -1.95. The minimum Gasteiger partial charge on any atom is -0.507 e. The Morgan fingerprint density at radius 3 is 2.52 bits per heavy atom. The molecule has 0 aliphatic carbocycles. The molecular weight excluding hydrogens is 332 g/mol. The average Bonchev–Trinajstić information content (AvgIpc) is 2.42. The second-order valence-electron chi connectivity index (χ2n) is 4.66. The quantitative estimate of drug-likeness (QED) is 0.651. The summed E-state index contributed by atoms with van der Waals surface area (Å²) in [5, 5.41) is 14.3. The van der Waals surface area contributed by atoms with Gasteiger partial charge < -0.3 is 5.11 Å². The zero-order valence-electron chi connectivity index (χ0n) is 12.2. The summed E-state index contributed by atoms with van der Waals surface area (Å²) in [6.07, 6.45) is 0.668. The lowest BCUT2D eigenvalue weighted by atomic mass is 10.1. The van der Waals surface area contributed by atoms with Gasteiger partial charge in [-0.2, -0.15) is 5.10 Å². The monoisotopic (exact) mass is 348 g/mol. The Morgan fingerprint density at radius 1 is 1.24 bits per heavy atom. The molecule has 21 heavy (non-hydrogen) atoms. The first-order valence-corrected chi connectivity index (χ1v) is 7.42. The van der Waals surface area contributed by atoms with E-state index in [2.05, 4.69) is 36.4 Å². The number of aromatic hydroxyl groups is 1. The first-order chi connectivity index (χ1) is 9.99. The predicted molar refractivity (Wildman–Crippen MR) is 87.8 cm³/mol. The number of aryl methyl sites for hydroxylation is 2. The molecule has 1 heterocycles. The summed E-state index contributed by atoms with van der Waals surface area (Å²) in [7, 11) is 0. The van der Waals surface area contributed by atoms with Crippen LogP contribution >= 0.6 is 15.9 Å². The molecule has 0 radical (unpaired) electrons. The molecule has 1 aromatic carbocycles. The van der Waals surface area contributed by atoms with Crippen LogP contribution in [-0.4, -0.2) is 20.8 Å². The highest BCUT2D eigenvalue weighted by Gasteiger charge is 2.08. The molecule has 0 aliphatic heterocycles. The fourth-order valence-electron chi connectivity index (χ4n) is 1.96. The molecule has 1 aromatic heterocycles. The van der Waals surface area contributed by atoms with Crippen LogP contribution in [0.3, 0.4) is 0 Å². The van der Waals surface area contributed by atoms with E-state index in [0.717, 1.165) is 21.6 Å². The van der Waals surface area contributed by atoms with Crippen LogP contribution in [0, 0.1) is 13.8 Å². The molecule has 0 saturated carbocycles. The van der Waals surface area contributed by atoms with E-state index >= 15 is 0 Å². The van der Waals surface area contributed by atoms with E-state index in [1.54, 1.807) is 12.1 Å². The van der Waals surface area contributed by atoms with E-state index in [1.807, 2.05) is 32.9 Å². The Kier molecular flexibility index (Phi) is 4.90. The number of hydrazone groups is 1. The number of halogens is 1. The molecule has 0 spiro atoms. The van der Waals surface area contributed by atoms with Gasteiger partial charge in [0, 0.05) is 21.4 Å². The molecule has 6 heteroatoms. The van der Waals surface area contributed by atoms with Gasteiger partial charge in [0.1, 0.15) is 5.75 Å². The highest BCUT2D eigenvalue weighted by atomic mass is 79.9. The number of hydrogen-bond donors (Lipinski definition) is 2. The van der Waals surface area contributed by atoms with Gasteiger partial charge in [0.2, 0.25) is 5.95 Å². The summed E-state index contributed by atoms with van der Waals surface area (Å²) < 4.78 is 0.888. The number of phenolic OH excluding ortho intramolecular Hbond substituents is 1. The standard InChI is InChI=1S/C15H17BrN4O/c1-4-13(12-8-11(16)5-6-14(12)21)19-20-15-17-9(2)7-10(3)18-15/h5-8,21H,4H2,1-3H3,(H,17,18,20)/b19-13+. The third-order valence-electron chi connectivity index (χ3n) is 2.88. The predicted octanol–water partition coefficient (Wildman–Crippen LogP) is 3.79. The SMILES string of the molecule is CC/C(=N\Nc1nc(C)cc(C)n1)c1cc(Br)ccc1O. The molecule has 2 aromatic rings. The maximum Gasteiger partial charge on any atom is 0.243 e. The average molecular weight is 349 g/mol. The number of aromatic nitrogens is 2. The van der Waals surface area contributed by atoms with Gasteiger partial charge in [-0.25, -0.2) is 15.4 Å². The van der Waals surface area contributed by atoms with E-state index in [1.165, 1.54) is 0 Å². The van der Waals surface area contributed by atoms with E-state index < -0.39 is 0 Å². The summed E-state index contributed by atoms with van der Waals surface area (Å²) >= 11 is 3.40. The van der Waals surface area contributed by atoms with E-state index in [9.17, 15) is 5.11 Å². The minimum absolute atomic E-state index is 0.196. The van der Waals surface area contributed by atoms with Crippen molar-refractivity contribution in [3.63, 3.8) is 0 Å². The van der Waals surface area contributed by atoms with Crippen LogP contribution in [0.2, 0.25) is 0 Å². The van der Waals surface area contributed by atoms with Crippen molar-refractivity contribution in [3.8, 4) is 5.75 Å².